The van der Waals surface area contributed by atoms with Crippen LogP contribution in [0.5, 0.6) is 5.75 Å². The van der Waals surface area contributed by atoms with Crippen molar-refractivity contribution < 1.29 is 4.74 Å². The molecule has 188 valence electrons. The standard InChI is InChI=1S/C30H28Cl2N4O/c1-20(30-26(31)18-34-19-27(30)32)37-24-12-14-29-25(15-24)28(35-36-29)13-11-21-7-9-23(10-8-21)17-33-16-22-5-3-2-4-6-22/h3,5-15,18-20,33H,2,4,16-17H2,1H3,(H,35,36)/b13-11+. The van der Waals surface area contributed by atoms with Crippen LogP contribution in [-0.2, 0) is 6.54 Å². The number of nitrogens with one attached hydrogen (secondary N) is 2. The van der Waals surface area contributed by atoms with E-state index in [4.69, 9.17) is 27.9 Å². The molecule has 0 spiro atoms. The summed E-state index contributed by atoms with van der Waals surface area (Å²) < 4.78 is 6.17. The van der Waals surface area contributed by atoms with Crippen LogP contribution in [0.25, 0.3) is 23.1 Å². The summed E-state index contributed by atoms with van der Waals surface area (Å²) in [5.74, 6) is 0.705. The molecule has 37 heavy (non-hydrogen) atoms. The highest BCUT2D eigenvalue weighted by atomic mass is 35.5. The van der Waals surface area contributed by atoms with Crippen molar-refractivity contribution in [2.24, 2.45) is 0 Å². The van der Waals surface area contributed by atoms with Gasteiger partial charge in [-0.25, -0.2) is 0 Å². The van der Waals surface area contributed by atoms with Crippen LogP contribution in [0.4, 0.5) is 0 Å². The number of ether oxygens (including phenoxy) is 1. The van der Waals surface area contributed by atoms with Crippen molar-refractivity contribution in [3.63, 3.8) is 0 Å². The molecule has 0 saturated carbocycles. The molecule has 0 radical (unpaired) electrons. The Morgan fingerprint density at radius 3 is 2.59 bits per heavy atom. The second-order valence-electron chi connectivity index (χ2n) is 9.03. The number of benzene rings is 2. The summed E-state index contributed by atoms with van der Waals surface area (Å²) in [6.07, 6.45) is 15.9. The van der Waals surface area contributed by atoms with Gasteiger partial charge >= 0.3 is 0 Å². The fourth-order valence-electron chi connectivity index (χ4n) is 4.36. The quantitative estimate of drug-likeness (QED) is 0.230. The number of nitrogens with zero attached hydrogens (tertiary/aromatic N) is 2. The first kappa shape index (κ1) is 25.3. The van der Waals surface area contributed by atoms with E-state index in [9.17, 15) is 0 Å². The minimum Gasteiger partial charge on any atom is -0.486 e. The predicted octanol–water partition coefficient (Wildman–Crippen LogP) is 7.94. The number of fused-ring (bicyclic) bond motifs is 1. The molecule has 1 aliphatic rings. The molecule has 5 rings (SSSR count). The number of hydrogen-bond acceptors (Lipinski definition) is 4. The molecule has 2 heterocycles. The van der Waals surface area contributed by atoms with Crippen LogP contribution in [0.1, 0.15) is 48.3 Å². The van der Waals surface area contributed by atoms with Crippen LogP contribution in [0.3, 0.4) is 0 Å². The van der Waals surface area contributed by atoms with Crippen molar-refractivity contribution in [3.05, 3.63) is 111 Å². The van der Waals surface area contributed by atoms with E-state index in [-0.39, 0.29) is 6.10 Å². The molecule has 0 bridgehead atoms. The number of allylic oxidation sites excluding steroid dienone is 2. The first-order valence-electron chi connectivity index (χ1n) is 12.3. The molecule has 1 aliphatic carbocycles. The SMILES string of the molecule is CC(Oc1ccc2[nH]nc(/C=C/c3ccc(CNCC4=CCCC=C4)cc3)c2c1)c1c(Cl)cncc1Cl. The molecular weight excluding hydrogens is 503 g/mol. The van der Waals surface area contributed by atoms with Crippen molar-refractivity contribution in [3.8, 4) is 5.75 Å². The molecule has 2 aromatic carbocycles. The van der Waals surface area contributed by atoms with Crippen LogP contribution >= 0.6 is 23.2 Å². The zero-order valence-electron chi connectivity index (χ0n) is 20.5. The lowest BCUT2D eigenvalue weighted by Crippen LogP contribution is -2.16. The van der Waals surface area contributed by atoms with Gasteiger partial charge in [-0.3, -0.25) is 10.1 Å². The normalized spacial score (nSPS) is 14.3. The number of rotatable bonds is 9. The van der Waals surface area contributed by atoms with Crippen LogP contribution < -0.4 is 10.1 Å². The Hall–Kier alpha value is -3.38. The molecule has 1 atom stereocenters. The molecule has 2 aromatic heterocycles. The molecule has 2 N–H and O–H groups in total. The Bertz CT molecular complexity index is 1450. The lowest BCUT2D eigenvalue weighted by molar-refractivity contribution is 0.227. The summed E-state index contributed by atoms with van der Waals surface area (Å²) in [5, 5.41) is 13.0. The average Bonchev–Trinajstić information content (AvgIpc) is 3.31. The van der Waals surface area contributed by atoms with Gasteiger partial charge in [-0.05, 0) is 60.7 Å². The van der Waals surface area contributed by atoms with Crippen molar-refractivity contribution in [1.29, 1.82) is 0 Å². The Balaban J connectivity index is 1.24. The van der Waals surface area contributed by atoms with Crippen molar-refractivity contribution in [1.82, 2.24) is 20.5 Å². The Morgan fingerprint density at radius 2 is 1.84 bits per heavy atom. The summed E-state index contributed by atoms with van der Waals surface area (Å²) in [4.78, 5) is 4.01. The van der Waals surface area contributed by atoms with Gasteiger partial charge in [0, 0.05) is 36.4 Å². The van der Waals surface area contributed by atoms with Crippen LogP contribution in [0.15, 0.2) is 78.7 Å². The molecule has 0 aliphatic heterocycles. The van der Waals surface area contributed by atoms with E-state index in [0.29, 0.717) is 21.4 Å². The molecule has 0 amide bonds. The van der Waals surface area contributed by atoms with Gasteiger partial charge in [0.25, 0.3) is 0 Å². The van der Waals surface area contributed by atoms with Gasteiger partial charge in [0.05, 0.1) is 21.3 Å². The maximum absolute atomic E-state index is 6.30. The molecule has 1 unspecified atom stereocenters. The van der Waals surface area contributed by atoms with Gasteiger partial charge in [0.2, 0.25) is 0 Å². The number of aromatic nitrogens is 3. The molecule has 7 heteroatoms. The molecule has 5 nitrogen and oxygen atoms in total. The average molecular weight is 531 g/mol. The number of aromatic amines is 1. The van der Waals surface area contributed by atoms with E-state index in [2.05, 4.69) is 69.1 Å². The minimum absolute atomic E-state index is 0.338. The maximum atomic E-state index is 6.30. The van der Waals surface area contributed by atoms with E-state index >= 15 is 0 Å². The Morgan fingerprint density at radius 1 is 1.03 bits per heavy atom. The zero-order chi connectivity index (χ0) is 25.6. The van der Waals surface area contributed by atoms with Crippen molar-refractivity contribution in [2.45, 2.75) is 32.4 Å². The highest BCUT2D eigenvalue weighted by molar-refractivity contribution is 6.35. The lowest BCUT2D eigenvalue weighted by Gasteiger charge is -2.17. The second kappa shape index (κ2) is 11.8. The molecule has 4 aromatic rings. The highest BCUT2D eigenvalue weighted by Gasteiger charge is 2.16. The fraction of sp³-hybridized carbons (Fsp3) is 0.200. The van der Waals surface area contributed by atoms with E-state index in [1.165, 1.54) is 11.1 Å². The Kier molecular flexibility index (Phi) is 8.05. The number of pyridine rings is 1. The predicted molar refractivity (Wildman–Crippen MR) is 153 cm³/mol. The van der Waals surface area contributed by atoms with Crippen LogP contribution in [0.2, 0.25) is 10.0 Å². The summed E-state index contributed by atoms with van der Waals surface area (Å²) in [6, 6.07) is 14.4. The van der Waals surface area contributed by atoms with Gasteiger partial charge < -0.3 is 10.1 Å². The van der Waals surface area contributed by atoms with Crippen molar-refractivity contribution in [2.75, 3.05) is 6.54 Å². The maximum Gasteiger partial charge on any atom is 0.124 e. The summed E-state index contributed by atoms with van der Waals surface area (Å²) in [5.41, 5.74) is 6.22. The topological polar surface area (TPSA) is 62.8 Å². The van der Waals surface area contributed by atoms with Crippen LogP contribution in [0, 0.1) is 0 Å². The van der Waals surface area contributed by atoms with Gasteiger partial charge in [-0.1, -0.05) is 71.8 Å². The fourth-order valence-corrected chi connectivity index (χ4v) is 5.03. The third-order valence-electron chi connectivity index (χ3n) is 6.32. The van der Waals surface area contributed by atoms with Gasteiger partial charge in [-0.2, -0.15) is 5.10 Å². The third-order valence-corrected chi connectivity index (χ3v) is 6.92. The summed E-state index contributed by atoms with van der Waals surface area (Å²) in [7, 11) is 0. The lowest BCUT2D eigenvalue weighted by atomic mass is 10.1. The van der Waals surface area contributed by atoms with Crippen molar-refractivity contribution >= 4 is 46.3 Å². The van der Waals surface area contributed by atoms with Gasteiger partial charge in [0.1, 0.15) is 11.9 Å². The third kappa shape index (κ3) is 6.31. The van der Waals surface area contributed by atoms with Crippen LogP contribution in [-0.4, -0.2) is 21.7 Å². The largest absolute Gasteiger partial charge is 0.486 e. The zero-order valence-corrected chi connectivity index (χ0v) is 22.1. The first-order valence-corrected chi connectivity index (χ1v) is 13.1. The number of H-pyrrole nitrogens is 1. The Labute approximate surface area is 226 Å². The monoisotopic (exact) mass is 530 g/mol. The number of halogens is 2. The smallest absolute Gasteiger partial charge is 0.124 e. The minimum atomic E-state index is -0.338. The molecule has 0 fully saturated rings. The van der Waals surface area contributed by atoms with E-state index in [1.54, 1.807) is 12.4 Å². The molecule has 0 saturated heterocycles. The highest BCUT2D eigenvalue weighted by Crippen LogP contribution is 2.33. The molecular formula is C30H28Cl2N4O. The van der Waals surface area contributed by atoms with Gasteiger partial charge in [0.15, 0.2) is 0 Å². The second-order valence-corrected chi connectivity index (χ2v) is 9.84. The van der Waals surface area contributed by atoms with E-state index < -0.39 is 0 Å². The summed E-state index contributed by atoms with van der Waals surface area (Å²) >= 11 is 12.6. The number of hydrogen-bond donors (Lipinski definition) is 2. The van der Waals surface area contributed by atoms with Gasteiger partial charge in [-0.15, -0.1) is 0 Å². The summed E-state index contributed by atoms with van der Waals surface area (Å²) in [6.45, 7) is 3.66. The first-order chi connectivity index (χ1) is 18.1. The van der Waals surface area contributed by atoms with E-state index in [0.717, 1.165) is 48.1 Å². The van der Waals surface area contributed by atoms with E-state index in [1.807, 2.05) is 31.2 Å².